The molecule has 0 aromatic carbocycles. The molecule has 1 aliphatic rings. The van der Waals surface area contributed by atoms with Gasteiger partial charge in [-0.15, -0.1) is 11.3 Å². The SMILES string of the molecule is CCCn1cc(C(NCC)c2cc3c(s2)CCCC3)cn1. The van der Waals surface area contributed by atoms with Crippen LogP contribution in [0.25, 0.3) is 0 Å². The highest BCUT2D eigenvalue weighted by Crippen LogP contribution is 2.35. The van der Waals surface area contributed by atoms with Crippen molar-refractivity contribution >= 4 is 11.3 Å². The van der Waals surface area contributed by atoms with Crippen molar-refractivity contribution in [2.45, 2.75) is 58.5 Å². The van der Waals surface area contributed by atoms with Gasteiger partial charge in [0.05, 0.1) is 12.2 Å². The molecule has 114 valence electrons. The van der Waals surface area contributed by atoms with E-state index in [4.69, 9.17) is 0 Å². The standard InChI is InChI=1S/C17H25N3S/c1-3-9-20-12-14(11-19-20)17(18-4-2)16-10-13-7-5-6-8-15(13)21-16/h10-12,17-18H,3-9H2,1-2H3. The molecule has 1 N–H and O–H groups in total. The molecule has 0 saturated carbocycles. The van der Waals surface area contributed by atoms with Crippen LogP contribution in [0.2, 0.25) is 0 Å². The minimum atomic E-state index is 0.302. The molecule has 2 heterocycles. The summed E-state index contributed by atoms with van der Waals surface area (Å²) < 4.78 is 2.06. The lowest BCUT2D eigenvalue weighted by atomic mass is 9.98. The fourth-order valence-electron chi connectivity index (χ4n) is 3.12. The van der Waals surface area contributed by atoms with Gasteiger partial charge in [-0.1, -0.05) is 13.8 Å². The van der Waals surface area contributed by atoms with Gasteiger partial charge in [0.1, 0.15) is 0 Å². The van der Waals surface area contributed by atoms with E-state index in [2.05, 4.69) is 41.2 Å². The summed E-state index contributed by atoms with van der Waals surface area (Å²) in [6.45, 7) is 6.35. The van der Waals surface area contributed by atoms with E-state index < -0.39 is 0 Å². The summed E-state index contributed by atoms with van der Waals surface area (Å²) in [5.41, 5.74) is 2.88. The third-order valence-corrected chi connectivity index (χ3v) is 5.45. The fourth-order valence-corrected chi connectivity index (χ4v) is 4.48. The number of nitrogens with one attached hydrogen (secondary N) is 1. The van der Waals surface area contributed by atoms with Crippen LogP contribution >= 0.6 is 11.3 Å². The monoisotopic (exact) mass is 303 g/mol. The van der Waals surface area contributed by atoms with Crippen LogP contribution in [-0.4, -0.2) is 16.3 Å². The first kappa shape index (κ1) is 14.8. The van der Waals surface area contributed by atoms with Crippen molar-refractivity contribution in [1.82, 2.24) is 15.1 Å². The minimum Gasteiger partial charge on any atom is -0.306 e. The second kappa shape index (κ2) is 6.75. The van der Waals surface area contributed by atoms with Crippen LogP contribution in [0.5, 0.6) is 0 Å². The number of hydrogen-bond acceptors (Lipinski definition) is 3. The van der Waals surface area contributed by atoms with E-state index in [9.17, 15) is 0 Å². The lowest BCUT2D eigenvalue weighted by molar-refractivity contribution is 0.598. The maximum absolute atomic E-state index is 4.50. The Morgan fingerprint density at radius 1 is 1.33 bits per heavy atom. The first-order chi connectivity index (χ1) is 10.3. The summed E-state index contributed by atoms with van der Waals surface area (Å²) in [6.07, 6.45) is 10.6. The topological polar surface area (TPSA) is 29.9 Å². The van der Waals surface area contributed by atoms with Gasteiger partial charge in [-0.3, -0.25) is 4.68 Å². The summed E-state index contributed by atoms with van der Waals surface area (Å²) in [5, 5.41) is 8.13. The van der Waals surface area contributed by atoms with Gasteiger partial charge in [-0.25, -0.2) is 0 Å². The molecule has 3 rings (SSSR count). The maximum Gasteiger partial charge on any atom is 0.0702 e. The molecule has 1 atom stereocenters. The number of aryl methyl sites for hydroxylation is 3. The van der Waals surface area contributed by atoms with E-state index >= 15 is 0 Å². The molecular formula is C17H25N3S. The van der Waals surface area contributed by atoms with Crippen molar-refractivity contribution in [3.63, 3.8) is 0 Å². The van der Waals surface area contributed by atoms with Gasteiger partial charge < -0.3 is 5.32 Å². The molecule has 0 saturated heterocycles. The summed E-state index contributed by atoms with van der Waals surface area (Å²) in [7, 11) is 0. The lowest BCUT2D eigenvalue weighted by Crippen LogP contribution is -2.20. The van der Waals surface area contributed by atoms with Gasteiger partial charge in [0.25, 0.3) is 0 Å². The van der Waals surface area contributed by atoms with Crippen LogP contribution in [0.3, 0.4) is 0 Å². The predicted octanol–water partition coefficient (Wildman–Crippen LogP) is 3.93. The quantitative estimate of drug-likeness (QED) is 0.876. The molecule has 2 aromatic heterocycles. The Hall–Kier alpha value is -1.13. The molecule has 2 aromatic rings. The van der Waals surface area contributed by atoms with Gasteiger partial charge >= 0.3 is 0 Å². The van der Waals surface area contributed by atoms with Crippen LogP contribution < -0.4 is 5.32 Å². The van der Waals surface area contributed by atoms with Gasteiger partial charge in [0.2, 0.25) is 0 Å². The zero-order valence-electron chi connectivity index (χ0n) is 13.1. The van der Waals surface area contributed by atoms with E-state index in [1.54, 1.807) is 10.4 Å². The van der Waals surface area contributed by atoms with Gasteiger partial charge in [0.15, 0.2) is 0 Å². The maximum atomic E-state index is 4.50. The normalized spacial score (nSPS) is 15.9. The zero-order valence-corrected chi connectivity index (χ0v) is 13.9. The lowest BCUT2D eigenvalue weighted by Gasteiger charge is -2.14. The Labute approximate surface area is 131 Å². The van der Waals surface area contributed by atoms with Crippen molar-refractivity contribution in [2.75, 3.05) is 6.54 Å². The first-order valence-corrected chi connectivity index (χ1v) is 9.00. The summed E-state index contributed by atoms with van der Waals surface area (Å²) in [4.78, 5) is 3.07. The Balaban J connectivity index is 1.87. The van der Waals surface area contributed by atoms with Gasteiger partial charge in [0, 0.05) is 28.1 Å². The van der Waals surface area contributed by atoms with Crippen LogP contribution in [-0.2, 0) is 19.4 Å². The molecule has 4 heteroatoms. The second-order valence-corrected chi connectivity index (χ2v) is 7.00. The minimum absolute atomic E-state index is 0.302. The zero-order chi connectivity index (χ0) is 14.7. The largest absolute Gasteiger partial charge is 0.306 e. The number of aromatic nitrogens is 2. The van der Waals surface area contributed by atoms with Crippen molar-refractivity contribution < 1.29 is 0 Å². The van der Waals surface area contributed by atoms with Crippen LogP contribution in [0.1, 0.15) is 60.0 Å². The molecular weight excluding hydrogens is 278 g/mol. The molecule has 3 nitrogen and oxygen atoms in total. The third-order valence-electron chi connectivity index (χ3n) is 4.15. The fraction of sp³-hybridized carbons (Fsp3) is 0.588. The number of fused-ring (bicyclic) bond motifs is 1. The Morgan fingerprint density at radius 3 is 2.95 bits per heavy atom. The molecule has 0 aliphatic heterocycles. The van der Waals surface area contributed by atoms with E-state index in [0.717, 1.165) is 19.5 Å². The molecule has 0 bridgehead atoms. The van der Waals surface area contributed by atoms with Crippen molar-refractivity contribution in [1.29, 1.82) is 0 Å². The Morgan fingerprint density at radius 2 is 2.19 bits per heavy atom. The highest BCUT2D eigenvalue weighted by molar-refractivity contribution is 7.12. The molecule has 1 aliphatic carbocycles. The Bertz CT molecular complexity index is 561. The highest BCUT2D eigenvalue weighted by atomic mass is 32.1. The second-order valence-electron chi connectivity index (χ2n) is 5.83. The average Bonchev–Trinajstić information content (AvgIpc) is 3.11. The molecule has 1 unspecified atom stereocenters. The summed E-state index contributed by atoms with van der Waals surface area (Å²) in [6, 6.07) is 2.74. The van der Waals surface area contributed by atoms with Crippen molar-refractivity contribution in [3.05, 3.63) is 39.3 Å². The van der Waals surface area contributed by atoms with Crippen molar-refractivity contribution in [3.8, 4) is 0 Å². The van der Waals surface area contributed by atoms with E-state index in [1.165, 1.54) is 36.1 Å². The molecule has 0 amide bonds. The number of nitrogens with zero attached hydrogens (tertiary/aromatic N) is 2. The van der Waals surface area contributed by atoms with Crippen LogP contribution in [0.4, 0.5) is 0 Å². The molecule has 0 radical (unpaired) electrons. The summed E-state index contributed by atoms with van der Waals surface area (Å²) in [5.74, 6) is 0. The van der Waals surface area contributed by atoms with Gasteiger partial charge in [-0.2, -0.15) is 5.10 Å². The number of hydrogen-bond donors (Lipinski definition) is 1. The number of thiophene rings is 1. The summed E-state index contributed by atoms with van der Waals surface area (Å²) >= 11 is 2.00. The van der Waals surface area contributed by atoms with Crippen molar-refractivity contribution in [2.24, 2.45) is 0 Å². The Kier molecular flexibility index (Phi) is 4.76. The van der Waals surface area contributed by atoms with E-state index in [1.807, 2.05) is 17.5 Å². The van der Waals surface area contributed by atoms with Crippen LogP contribution in [0.15, 0.2) is 18.5 Å². The molecule has 0 fully saturated rings. The predicted molar refractivity (Wildman–Crippen MR) is 89.0 cm³/mol. The highest BCUT2D eigenvalue weighted by Gasteiger charge is 2.21. The third kappa shape index (κ3) is 3.22. The number of rotatable bonds is 6. The smallest absolute Gasteiger partial charge is 0.0702 e. The van der Waals surface area contributed by atoms with E-state index in [-0.39, 0.29) is 0 Å². The van der Waals surface area contributed by atoms with Gasteiger partial charge in [-0.05, 0) is 50.3 Å². The van der Waals surface area contributed by atoms with E-state index in [0.29, 0.717) is 6.04 Å². The first-order valence-electron chi connectivity index (χ1n) is 8.19. The van der Waals surface area contributed by atoms with Crippen LogP contribution in [0, 0.1) is 0 Å². The average molecular weight is 303 g/mol. The molecule has 21 heavy (non-hydrogen) atoms. The molecule has 0 spiro atoms.